The van der Waals surface area contributed by atoms with Gasteiger partial charge in [-0.2, -0.15) is 0 Å². The van der Waals surface area contributed by atoms with E-state index in [0.717, 1.165) is 12.1 Å². The van der Waals surface area contributed by atoms with Gasteiger partial charge < -0.3 is 15.0 Å². The lowest BCUT2D eigenvalue weighted by Crippen LogP contribution is -2.48. The lowest BCUT2D eigenvalue weighted by Gasteiger charge is -2.27. The number of amides is 1. The van der Waals surface area contributed by atoms with E-state index in [2.05, 4.69) is 20.3 Å². The molecular formula is C13H16N4O3. The number of aromatic nitrogens is 2. The van der Waals surface area contributed by atoms with Crippen molar-refractivity contribution in [3.8, 4) is 0 Å². The van der Waals surface area contributed by atoms with Crippen molar-refractivity contribution < 1.29 is 14.2 Å². The molecule has 1 saturated heterocycles. The number of hydrogen-bond acceptors (Lipinski definition) is 6. The van der Waals surface area contributed by atoms with Crippen molar-refractivity contribution in [2.45, 2.75) is 12.6 Å². The summed E-state index contributed by atoms with van der Waals surface area (Å²) >= 11 is 0. The van der Waals surface area contributed by atoms with Crippen molar-refractivity contribution in [1.82, 2.24) is 20.5 Å². The summed E-state index contributed by atoms with van der Waals surface area (Å²) in [6.07, 6.45) is -0.397. The Labute approximate surface area is 115 Å². The van der Waals surface area contributed by atoms with E-state index >= 15 is 0 Å². The molecule has 1 aromatic heterocycles. The Bertz CT molecular complexity index is 606. The summed E-state index contributed by atoms with van der Waals surface area (Å²) in [6, 6.07) is 5.62. The molecule has 1 amide bonds. The Hall–Kier alpha value is -1.99. The Morgan fingerprint density at radius 2 is 2.30 bits per heavy atom. The van der Waals surface area contributed by atoms with E-state index in [0.29, 0.717) is 30.7 Å². The molecule has 20 heavy (non-hydrogen) atoms. The van der Waals surface area contributed by atoms with Crippen molar-refractivity contribution in [2.75, 3.05) is 26.7 Å². The summed E-state index contributed by atoms with van der Waals surface area (Å²) in [4.78, 5) is 13.9. The van der Waals surface area contributed by atoms with Crippen LogP contribution in [0.25, 0.3) is 11.0 Å². The molecule has 1 aliphatic heterocycles. The highest BCUT2D eigenvalue weighted by Gasteiger charge is 2.24. The average Bonchev–Trinajstić information content (AvgIpc) is 2.95. The van der Waals surface area contributed by atoms with Crippen molar-refractivity contribution in [1.29, 1.82) is 0 Å². The summed E-state index contributed by atoms with van der Waals surface area (Å²) in [5.74, 6) is -0.0180. The summed E-state index contributed by atoms with van der Waals surface area (Å²) in [5, 5.41) is 10.7. The van der Waals surface area contributed by atoms with Gasteiger partial charge in [0.1, 0.15) is 17.1 Å². The van der Waals surface area contributed by atoms with Gasteiger partial charge in [0.2, 0.25) is 0 Å². The first kappa shape index (κ1) is 13.0. The van der Waals surface area contributed by atoms with Crippen LogP contribution in [0, 0.1) is 0 Å². The number of morpholine rings is 1. The SMILES string of the molecule is CN(Cc1ccc2nonc2c1)C(=O)[C@H]1CNCCO1. The maximum atomic E-state index is 12.2. The van der Waals surface area contributed by atoms with Gasteiger partial charge in [-0.3, -0.25) is 4.79 Å². The zero-order chi connectivity index (χ0) is 13.9. The Morgan fingerprint density at radius 1 is 1.45 bits per heavy atom. The third-order valence-corrected chi connectivity index (χ3v) is 3.32. The van der Waals surface area contributed by atoms with Crippen LogP contribution in [-0.4, -0.2) is 54.0 Å². The molecule has 1 aliphatic rings. The predicted octanol–water partition coefficient (Wildman–Crippen LogP) is 0.170. The largest absolute Gasteiger partial charge is 0.366 e. The smallest absolute Gasteiger partial charge is 0.253 e. The summed E-state index contributed by atoms with van der Waals surface area (Å²) in [6.45, 7) is 2.43. The first-order valence-corrected chi connectivity index (χ1v) is 6.52. The Balaban J connectivity index is 1.67. The van der Waals surface area contributed by atoms with E-state index in [9.17, 15) is 4.79 Å². The lowest BCUT2D eigenvalue weighted by molar-refractivity contribution is -0.144. The van der Waals surface area contributed by atoms with Crippen LogP contribution in [0.15, 0.2) is 22.8 Å². The standard InChI is InChI=1S/C13H16N4O3/c1-17(13(18)12-7-14-4-5-19-12)8-9-2-3-10-11(6-9)16-20-15-10/h2-3,6,12,14H,4-5,7-8H2,1H3/t12-/m1/s1. The van der Waals surface area contributed by atoms with Crippen LogP contribution in [0.5, 0.6) is 0 Å². The molecular weight excluding hydrogens is 260 g/mol. The van der Waals surface area contributed by atoms with Crippen LogP contribution < -0.4 is 5.32 Å². The van der Waals surface area contributed by atoms with Gasteiger partial charge in [-0.25, -0.2) is 4.63 Å². The number of carbonyl (C=O) groups excluding carboxylic acids is 1. The normalized spacial score (nSPS) is 19.1. The molecule has 0 saturated carbocycles. The molecule has 0 radical (unpaired) electrons. The van der Waals surface area contributed by atoms with Gasteiger partial charge in [0, 0.05) is 26.7 Å². The highest BCUT2D eigenvalue weighted by atomic mass is 16.6. The van der Waals surface area contributed by atoms with E-state index < -0.39 is 6.10 Å². The van der Waals surface area contributed by atoms with Gasteiger partial charge >= 0.3 is 0 Å². The molecule has 7 nitrogen and oxygen atoms in total. The number of likely N-dealkylation sites (N-methyl/N-ethyl adjacent to an activating group) is 1. The first-order chi connectivity index (χ1) is 9.74. The fourth-order valence-electron chi connectivity index (χ4n) is 2.25. The van der Waals surface area contributed by atoms with E-state index in [4.69, 9.17) is 4.74 Å². The van der Waals surface area contributed by atoms with Crippen LogP contribution in [0.4, 0.5) is 0 Å². The highest BCUT2D eigenvalue weighted by Crippen LogP contribution is 2.13. The van der Waals surface area contributed by atoms with Gasteiger partial charge in [0.05, 0.1) is 6.61 Å². The van der Waals surface area contributed by atoms with Crippen molar-refractivity contribution in [3.63, 3.8) is 0 Å². The average molecular weight is 276 g/mol. The summed E-state index contributed by atoms with van der Waals surface area (Å²) < 4.78 is 10.1. The Morgan fingerprint density at radius 3 is 3.10 bits per heavy atom. The fourth-order valence-corrected chi connectivity index (χ4v) is 2.25. The monoisotopic (exact) mass is 276 g/mol. The molecule has 0 aliphatic carbocycles. The maximum Gasteiger partial charge on any atom is 0.253 e. The minimum atomic E-state index is -0.397. The number of hydrogen-bond donors (Lipinski definition) is 1. The van der Waals surface area contributed by atoms with Gasteiger partial charge in [-0.05, 0) is 28.0 Å². The predicted molar refractivity (Wildman–Crippen MR) is 70.9 cm³/mol. The number of ether oxygens (including phenoxy) is 1. The number of fused-ring (bicyclic) bond motifs is 1. The highest BCUT2D eigenvalue weighted by molar-refractivity contribution is 5.81. The van der Waals surface area contributed by atoms with Crippen molar-refractivity contribution in [3.05, 3.63) is 23.8 Å². The summed E-state index contributed by atoms with van der Waals surface area (Å²) in [5.41, 5.74) is 2.38. The molecule has 2 aromatic rings. The molecule has 0 unspecified atom stereocenters. The Kier molecular flexibility index (Phi) is 3.62. The molecule has 1 N–H and O–H groups in total. The topological polar surface area (TPSA) is 80.5 Å². The van der Waals surface area contributed by atoms with Gasteiger partial charge in [0.25, 0.3) is 5.91 Å². The lowest BCUT2D eigenvalue weighted by atomic mass is 10.2. The molecule has 1 aromatic carbocycles. The van der Waals surface area contributed by atoms with Crippen molar-refractivity contribution >= 4 is 16.9 Å². The molecule has 1 fully saturated rings. The minimum absolute atomic E-state index is 0.0180. The third-order valence-electron chi connectivity index (χ3n) is 3.32. The zero-order valence-electron chi connectivity index (χ0n) is 11.2. The maximum absolute atomic E-state index is 12.2. The number of benzene rings is 1. The quantitative estimate of drug-likeness (QED) is 0.860. The first-order valence-electron chi connectivity index (χ1n) is 6.52. The molecule has 0 bridgehead atoms. The van der Waals surface area contributed by atoms with E-state index in [-0.39, 0.29) is 5.91 Å². The van der Waals surface area contributed by atoms with E-state index in [1.807, 2.05) is 18.2 Å². The van der Waals surface area contributed by atoms with Gasteiger partial charge in [0.15, 0.2) is 0 Å². The number of carbonyl (C=O) groups is 1. The molecule has 1 atom stereocenters. The van der Waals surface area contributed by atoms with E-state index in [1.54, 1.807) is 11.9 Å². The van der Waals surface area contributed by atoms with Gasteiger partial charge in [-0.1, -0.05) is 6.07 Å². The summed E-state index contributed by atoms with van der Waals surface area (Å²) in [7, 11) is 1.77. The van der Waals surface area contributed by atoms with Crippen LogP contribution in [0.3, 0.4) is 0 Å². The third kappa shape index (κ3) is 2.63. The molecule has 3 rings (SSSR count). The fraction of sp³-hybridized carbons (Fsp3) is 0.462. The zero-order valence-corrected chi connectivity index (χ0v) is 11.2. The van der Waals surface area contributed by atoms with Crippen LogP contribution in [0.1, 0.15) is 5.56 Å². The van der Waals surface area contributed by atoms with Gasteiger partial charge in [-0.15, -0.1) is 0 Å². The van der Waals surface area contributed by atoms with E-state index in [1.165, 1.54) is 0 Å². The minimum Gasteiger partial charge on any atom is -0.366 e. The second-order valence-electron chi connectivity index (χ2n) is 4.85. The molecule has 7 heteroatoms. The number of rotatable bonds is 3. The molecule has 2 heterocycles. The molecule has 106 valence electrons. The second kappa shape index (κ2) is 5.56. The van der Waals surface area contributed by atoms with Crippen LogP contribution in [-0.2, 0) is 16.1 Å². The molecule has 0 spiro atoms. The number of nitrogens with zero attached hydrogens (tertiary/aromatic N) is 3. The van der Waals surface area contributed by atoms with Crippen LogP contribution in [0.2, 0.25) is 0 Å². The van der Waals surface area contributed by atoms with Crippen LogP contribution >= 0.6 is 0 Å². The number of nitrogens with one attached hydrogen (secondary N) is 1. The second-order valence-corrected chi connectivity index (χ2v) is 4.85. The van der Waals surface area contributed by atoms with Crippen molar-refractivity contribution in [2.24, 2.45) is 0 Å².